The highest BCUT2D eigenvalue weighted by atomic mass is 16.5. The highest BCUT2D eigenvalue weighted by molar-refractivity contribution is 5.72. The zero-order valence-corrected chi connectivity index (χ0v) is 6.56. The van der Waals surface area contributed by atoms with Crippen molar-refractivity contribution in [3.8, 4) is 0 Å². The van der Waals surface area contributed by atoms with E-state index in [-0.39, 0.29) is 6.42 Å². The van der Waals surface area contributed by atoms with E-state index in [4.69, 9.17) is 14.3 Å². The van der Waals surface area contributed by atoms with Crippen LogP contribution in [0, 0.1) is 0 Å². The molecule has 1 unspecified atom stereocenters. The van der Waals surface area contributed by atoms with Gasteiger partial charge in [0.1, 0.15) is 5.76 Å². The first kappa shape index (κ1) is 8.73. The second kappa shape index (κ2) is 3.87. The first-order valence-corrected chi connectivity index (χ1v) is 3.37. The lowest BCUT2D eigenvalue weighted by Crippen LogP contribution is -2.24. The lowest BCUT2D eigenvalue weighted by Gasteiger charge is -2.06. The average molecular weight is 171 g/mol. The van der Waals surface area contributed by atoms with Gasteiger partial charge in [-0.15, -0.1) is 0 Å². The normalized spacial score (nSPS) is 12.8. The van der Waals surface area contributed by atoms with Crippen LogP contribution in [0.2, 0.25) is 0 Å². The van der Waals surface area contributed by atoms with Gasteiger partial charge in [-0.05, 0) is 0 Å². The molecule has 0 saturated heterocycles. The molecular weight excluding hydrogens is 162 g/mol. The molecule has 1 heterocycles. The topological polar surface area (TPSA) is 72.6 Å². The maximum Gasteiger partial charge on any atom is 0.333 e. The van der Waals surface area contributed by atoms with Crippen molar-refractivity contribution in [2.24, 2.45) is 0 Å². The van der Waals surface area contributed by atoms with Crippen LogP contribution in [0.4, 0.5) is 0 Å². The Hall–Kier alpha value is -1.36. The number of hydrogen-bond acceptors (Lipinski definition) is 4. The first-order chi connectivity index (χ1) is 5.74. The van der Waals surface area contributed by atoms with Crippen LogP contribution in [0.5, 0.6) is 0 Å². The van der Waals surface area contributed by atoms with Gasteiger partial charge in [0.25, 0.3) is 0 Å². The Morgan fingerprint density at radius 3 is 3.08 bits per heavy atom. The predicted octanol–water partition coefficient (Wildman–Crippen LogP) is 0.317. The van der Waals surface area contributed by atoms with E-state index in [0.29, 0.717) is 5.76 Å². The van der Waals surface area contributed by atoms with E-state index in [0.717, 1.165) is 0 Å². The molecule has 1 N–H and O–H groups in total. The van der Waals surface area contributed by atoms with Crippen LogP contribution in [0.25, 0.3) is 0 Å². The monoisotopic (exact) mass is 171 g/mol. The summed E-state index contributed by atoms with van der Waals surface area (Å²) in [6.45, 7) is 0. The van der Waals surface area contributed by atoms with Crippen LogP contribution < -0.4 is 0 Å². The van der Waals surface area contributed by atoms with Crippen LogP contribution in [-0.2, 0) is 16.0 Å². The molecular formula is C7H9NO4. The Kier molecular flexibility index (Phi) is 2.82. The van der Waals surface area contributed by atoms with Crippen LogP contribution in [0.3, 0.4) is 0 Å². The molecule has 0 bridgehead atoms. The fourth-order valence-corrected chi connectivity index (χ4v) is 0.797. The summed E-state index contributed by atoms with van der Waals surface area (Å²) < 4.78 is 9.56. The molecule has 0 spiro atoms. The summed E-state index contributed by atoms with van der Waals surface area (Å²) in [5, 5.41) is 8.58. The molecule has 1 atom stereocenters. The zero-order valence-electron chi connectivity index (χ0n) is 6.56. The Bertz CT molecular complexity index is 244. The average Bonchev–Trinajstić information content (AvgIpc) is 2.51. The number of nitrogens with zero attached hydrogens (tertiary/aromatic N) is 1. The Morgan fingerprint density at radius 1 is 1.92 bits per heavy atom. The SMILES string of the molecule is COC(Cc1cnco1)C(=O)O. The van der Waals surface area contributed by atoms with Gasteiger partial charge in [-0.25, -0.2) is 9.78 Å². The van der Waals surface area contributed by atoms with Crippen molar-refractivity contribution < 1.29 is 19.1 Å². The van der Waals surface area contributed by atoms with E-state index in [1.165, 1.54) is 19.7 Å². The molecule has 0 radical (unpaired) electrons. The standard InChI is InChI=1S/C7H9NO4/c1-11-6(7(9)10)2-5-3-8-4-12-5/h3-4,6H,2H2,1H3,(H,9,10). The van der Waals surface area contributed by atoms with Gasteiger partial charge >= 0.3 is 5.97 Å². The van der Waals surface area contributed by atoms with Gasteiger partial charge in [0.05, 0.1) is 6.20 Å². The third-order valence-corrected chi connectivity index (χ3v) is 1.43. The second-order valence-electron chi connectivity index (χ2n) is 2.23. The highest BCUT2D eigenvalue weighted by Gasteiger charge is 2.18. The van der Waals surface area contributed by atoms with E-state index in [9.17, 15) is 4.79 Å². The van der Waals surface area contributed by atoms with Gasteiger partial charge in [-0.1, -0.05) is 0 Å². The number of ether oxygens (including phenoxy) is 1. The van der Waals surface area contributed by atoms with E-state index in [1.807, 2.05) is 0 Å². The van der Waals surface area contributed by atoms with Crippen molar-refractivity contribution in [3.63, 3.8) is 0 Å². The van der Waals surface area contributed by atoms with Crippen LogP contribution >= 0.6 is 0 Å². The van der Waals surface area contributed by atoms with Gasteiger partial charge in [0.2, 0.25) is 0 Å². The molecule has 0 aliphatic carbocycles. The van der Waals surface area contributed by atoms with Crippen LogP contribution in [-0.4, -0.2) is 29.3 Å². The predicted molar refractivity (Wildman–Crippen MR) is 38.6 cm³/mol. The maximum absolute atomic E-state index is 10.5. The van der Waals surface area contributed by atoms with E-state index < -0.39 is 12.1 Å². The molecule has 0 amide bonds. The van der Waals surface area contributed by atoms with Crippen LogP contribution in [0.1, 0.15) is 5.76 Å². The molecule has 5 nitrogen and oxygen atoms in total. The molecule has 1 aromatic heterocycles. The summed E-state index contributed by atoms with van der Waals surface area (Å²) in [4.78, 5) is 14.1. The molecule has 1 rings (SSSR count). The largest absolute Gasteiger partial charge is 0.479 e. The van der Waals surface area contributed by atoms with Crippen molar-refractivity contribution in [2.75, 3.05) is 7.11 Å². The number of aliphatic carboxylic acids is 1. The minimum absolute atomic E-state index is 0.200. The van der Waals surface area contributed by atoms with E-state index in [2.05, 4.69) is 4.98 Å². The van der Waals surface area contributed by atoms with Crippen molar-refractivity contribution in [3.05, 3.63) is 18.4 Å². The summed E-state index contributed by atoms with van der Waals surface area (Å²) in [6.07, 6.45) is 2.06. The number of aromatic nitrogens is 1. The van der Waals surface area contributed by atoms with Gasteiger partial charge < -0.3 is 14.3 Å². The maximum atomic E-state index is 10.5. The minimum atomic E-state index is -1.01. The van der Waals surface area contributed by atoms with Gasteiger partial charge in [0, 0.05) is 13.5 Å². The Morgan fingerprint density at radius 2 is 2.67 bits per heavy atom. The number of rotatable bonds is 4. The lowest BCUT2D eigenvalue weighted by atomic mass is 10.2. The third-order valence-electron chi connectivity index (χ3n) is 1.43. The number of carbonyl (C=O) groups is 1. The first-order valence-electron chi connectivity index (χ1n) is 3.37. The molecule has 0 aromatic carbocycles. The van der Waals surface area contributed by atoms with Crippen molar-refractivity contribution in [1.29, 1.82) is 0 Å². The van der Waals surface area contributed by atoms with Gasteiger partial charge in [0.15, 0.2) is 12.5 Å². The fourth-order valence-electron chi connectivity index (χ4n) is 0.797. The number of carboxylic acids is 1. The summed E-state index contributed by atoms with van der Waals surface area (Å²) >= 11 is 0. The molecule has 0 aliphatic heterocycles. The van der Waals surface area contributed by atoms with E-state index >= 15 is 0 Å². The smallest absolute Gasteiger partial charge is 0.333 e. The Balaban J connectivity index is 2.54. The Labute approximate surface area is 69.0 Å². The van der Waals surface area contributed by atoms with E-state index in [1.54, 1.807) is 0 Å². The quantitative estimate of drug-likeness (QED) is 0.706. The minimum Gasteiger partial charge on any atom is -0.479 e. The van der Waals surface area contributed by atoms with Crippen molar-refractivity contribution >= 4 is 5.97 Å². The molecule has 66 valence electrons. The molecule has 0 saturated carbocycles. The summed E-state index contributed by atoms with van der Waals surface area (Å²) in [6, 6.07) is 0. The van der Waals surface area contributed by atoms with Gasteiger partial charge in [-0.3, -0.25) is 0 Å². The molecule has 0 fully saturated rings. The lowest BCUT2D eigenvalue weighted by molar-refractivity contribution is -0.148. The fraction of sp³-hybridized carbons (Fsp3) is 0.429. The summed E-state index contributed by atoms with van der Waals surface area (Å²) in [5.41, 5.74) is 0. The number of hydrogen-bond donors (Lipinski definition) is 1. The molecule has 1 aromatic rings. The number of oxazole rings is 1. The summed E-state index contributed by atoms with van der Waals surface area (Å²) in [5.74, 6) is -0.502. The highest BCUT2D eigenvalue weighted by Crippen LogP contribution is 2.04. The van der Waals surface area contributed by atoms with Crippen molar-refractivity contribution in [2.45, 2.75) is 12.5 Å². The molecule has 0 aliphatic rings. The van der Waals surface area contributed by atoms with Gasteiger partial charge in [-0.2, -0.15) is 0 Å². The third kappa shape index (κ3) is 2.06. The number of methoxy groups -OCH3 is 1. The summed E-state index contributed by atoms with van der Waals surface area (Å²) in [7, 11) is 1.34. The molecule has 5 heteroatoms. The second-order valence-corrected chi connectivity index (χ2v) is 2.23. The van der Waals surface area contributed by atoms with Crippen molar-refractivity contribution in [1.82, 2.24) is 4.98 Å². The van der Waals surface area contributed by atoms with Crippen LogP contribution in [0.15, 0.2) is 17.0 Å². The molecule has 12 heavy (non-hydrogen) atoms. The zero-order chi connectivity index (χ0) is 8.97. The number of carboxylic acid groups (broad SMARTS) is 1.